The third kappa shape index (κ3) is 4.61. The van der Waals surface area contributed by atoms with Crippen molar-refractivity contribution in [3.05, 3.63) is 71.8 Å². The Morgan fingerprint density at radius 2 is 1.35 bits per heavy atom. The smallest absolute Gasteiger partial charge is 0.455 e. The molecule has 0 saturated carbocycles. The summed E-state index contributed by atoms with van der Waals surface area (Å²) < 4.78 is 46.3. The lowest BCUT2D eigenvalue weighted by molar-refractivity contribution is -0.274. The molecule has 3 rings (SSSR count). The fourth-order valence-corrected chi connectivity index (χ4v) is 2.41. The number of nitrogens with two attached hydrogens (primary N) is 1. The molecule has 0 amide bonds. The Morgan fingerprint density at radius 1 is 0.769 bits per heavy atom. The van der Waals surface area contributed by atoms with Gasteiger partial charge in [-0.1, -0.05) is 29.8 Å². The summed E-state index contributed by atoms with van der Waals surface area (Å²) in [7, 11) is 0. The topological polar surface area (TPSA) is 44.5 Å². The van der Waals surface area contributed by atoms with Crippen molar-refractivity contribution >= 4 is 17.3 Å². The third-order valence-electron chi connectivity index (χ3n) is 3.48. The van der Waals surface area contributed by atoms with Crippen molar-refractivity contribution in [2.24, 2.45) is 0 Å². The first-order chi connectivity index (χ1) is 12.3. The lowest BCUT2D eigenvalue weighted by Gasteiger charge is -2.12. The van der Waals surface area contributed by atoms with Crippen molar-refractivity contribution in [2.45, 2.75) is 6.36 Å². The van der Waals surface area contributed by atoms with Gasteiger partial charge in [0, 0.05) is 5.02 Å². The maximum Gasteiger partial charge on any atom is 0.573 e. The van der Waals surface area contributed by atoms with Crippen molar-refractivity contribution in [2.75, 3.05) is 5.73 Å². The standard InChI is InChI=1S/C19H13ClF3NO2/c20-14-4-8-15(9-5-14)25-18-11-13(3-10-17(18)24)12-1-6-16(7-2-12)26-19(21,22)23/h1-11H,24H2. The number of rotatable bonds is 4. The average Bonchev–Trinajstić information content (AvgIpc) is 2.58. The van der Waals surface area contributed by atoms with Gasteiger partial charge in [-0.15, -0.1) is 13.2 Å². The SMILES string of the molecule is Nc1ccc(-c2ccc(OC(F)(F)F)cc2)cc1Oc1ccc(Cl)cc1. The van der Waals surface area contributed by atoms with Crippen LogP contribution in [-0.4, -0.2) is 6.36 Å². The fourth-order valence-electron chi connectivity index (χ4n) is 2.28. The Hall–Kier alpha value is -2.86. The summed E-state index contributed by atoms with van der Waals surface area (Å²) in [6.07, 6.45) is -4.72. The third-order valence-corrected chi connectivity index (χ3v) is 3.73. The molecule has 0 aromatic heterocycles. The monoisotopic (exact) mass is 379 g/mol. The van der Waals surface area contributed by atoms with Crippen LogP contribution in [0.1, 0.15) is 0 Å². The zero-order valence-electron chi connectivity index (χ0n) is 13.3. The van der Waals surface area contributed by atoms with Crippen LogP contribution in [0, 0.1) is 0 Å². The van der Waals surface area contributed by atoms with E-state index in [1.807, 2.05) is 0 Å². The summed E-state index contributed by atoms with van der Waals surface area (Å²) in [5.74, 6) is 0.710. The Balaban J connectivity index is 1.83. The second-order valence-corrected chi connectivity index (χ2v) is 5.82. The van der Waals surface area contributed by atoms with Gasteiger partial charge in [0.15, 0.2) is 5.75 Å². The van der Waals surface area contributed by atoms with Gasteiger partial charge in [-0.05, 0) is 59.7 Å². The van der Waals surface area contributed by atoms with E-state index in [1.54, 1.807) is 42.5 Å². The van der Waals surface area contributed by atoms with Gasteiger partial charge in [0.1, 0.15) is 11.5 Å². The molecule has 0 atom stereocenters. The molecule has 26 heavy (non-hydrogen) atoms. The molecule has 0 heterocycles. The summed E-state index contributed by atoms with van der Waals surface area (Å²) in [5, 5.41) is 0.584. The van der Waals surface area contributed by atoms with Gasteiger partial charge in [0.05, 0.1) is 5.69 Å². The van der Waals surface area contributed by atoms with Crippen molar-refractivity contribution in [3.63, 3.8) is 0 Å². The molecule has 0 unspecified atom stereocenters. The first-order valence-corrected chi connectivity index (χ1v) is 7.87. The Labute approximate surface area is 152 Å². The molecule has 0 spiro atoms. The van der Waals surface area contributed by atoms with Crippen LogP contribution < -0.4 is 15.2 Å². The van der Waals surface area contributed by atoms with Gasteiger partial charge in [0.25, 0.3) is 0 Å². The first kappa shape index (κ1) is 17.9. The minimum Gasteiger partial charge on any atom is -0.455 e. The number of hydrogen-bond donors (Lipinski definition) is 1. The predicted octanol–water partition coefficient (Wildman–Crippen LogP) is 6.28. The number of anilines is 1. The zero-order valence-corrected chi connectivity index (χ0v) is 14.0. The quantitative estimate of drug-likeness (QED) is 0.542. The number of alkyl halides is 3. The molecule has 2 N–H and O–H groups in total. The van der Waals surface area contributed by atoms with Crippen LogP contribution in [0.5, 0.6) is 17.2 Å². The number of hydrogen-bond acceptors (Lipinski definition) is 3. The molecule has 3 aromatic rings. The summed E-state index contributed by atoms with van der Waals surface area (Å²) >= 11 is 5.84. The van der Waals surface area contributed by atoms with Gasteiger partial charge in [-0.2, -0.15) is 0 Å². The Morgan fingerprint density at radius 3 is 1.96 bits per heavy atom. The summed E-state index contributed by atoms with van der Waals surface area (Å²) in [6, 6.07) is 17.5. The number of halogens is 4. The predicted molar refractivity (Wildman–Crippen MR) is 94.5 cm³/mol. The highest BCUT2D eigenvalue weighted by atomic mass is 35.5. The molecule has 7 heteroatoms. The minimum atomic E-state index is -4.72. The van der Waals surface area contributed by atoms with Crippen LogP contribution in [0.15, 0.2) is 66.7 Å². The highest BCUT2D eigenvalue weighted by Gasteiger charge is 2.30. The summed E-state index contributed by atoms with van der Waals surface area (Å²) in [5.41, 5.74) is 7.81. The lowest BCUT2D eigenvalue weighted by atomic mass is 10.0. The van der Waals surface area contributed by atoms with Crippen LogP contribution in [0.3, 0.4) is 0 Å². The van der Waals surface area contributed by atoms with E-state index in [0.717, 1.165) is 5.56 Å². The largest absolute Gasteiger partial charge is 0.573 e. The molecule has 0 bridgehead atoms. The van der Waals surface area contributed by atoms with E-state index in [1.165, 1.54) is 24.3 Å². The molecule has 0 aliphatic carbocycles. The van der Waals surface area contributed by atoms with E-state index in [2.05, 4.69) is 4.74 Å². The Kier molecular flexibility index (Phi) is 4.95. The second-order valence-electron chi connectivity index (χ2n) is 5.38. The maximum absolute atomic E-state index is 12.2. The molecule has 134 valence electrons. The maximum atomic E-state index is 12.2. The molecule has 0 fully saturated rings. The minimum absolute atomic E-state index is 0.283. The molecule has 3 nitrogen and oxygen atoms in total. The van der Waals surface area contributed by atoms with Gasteiger partial charge >= 0.3 is 6.36 Å². The van der Waals surface area contributed by atoms with E-state index in [9.17, 15) is 13.2 Å². The van der Waals surface area contributed by atoms with E-state index in [-0.39, 0.29) is 5.75 Å². The molecule has 0 aliphatic heterocycles. The van der Waals surface area contributed by atoms with E-state index in [0.29, 0.717) is 27.8 Å². The molecular weight excluding hydrogens is 367 g/mol. The first-order valence-electron chi connectivity index (χ1n) is 7.49. The van der Waals surface area contributed by atoms with Crippen molar-refractivity contribution in [3.8, 4) is 28.4 Å². The lowest BCUT2D eigenvalue weighted by Crippen LogP contribution is -2.16. The number of nitrogen functional groups attached to an aromatic ring is 1. The highest BCUT2D eigenvalue weighted by molar-refractivity contribution is 6.30. The van der Waals surface area contributed by atoms with Gasteiger partial charge in [0.2, 0.25) is 0 Å². The number of ether oxygens (including phenoxy) is 2. The van der Waals surface area contributed by atoms with Crippen molar-refractivity contribution in [1.29, 1.82) is 0 Å². The summed E-state index contributed by atoms with van der Waals surface area (Å²) in [4.78, 5) is 0. The van der Waals surface area contributed by atoms with E-state index in [4.69, 9.17) is 22.1 Å². The van der Waals surface area contributed by atoms with Crippen LogP contribution in [-0.2, 0) is 0 Å². The van der Waals surface area contributed by atoms with E-state index < -0.39 is 6.36 Å². The van der Waals surface area contributed by atoms with Crippen molar-refractivity contribution in [1.82, 2.24) is 0 Å². The van der Waals surface area contributed by atoms with E-state index >= 15 is 0 Å². The van der Waals surface area contributed by atoms with Gasteiger partial charge in [-0.25, -0.2) is 0 Å². The van der Waals surface area contributed by atoms with Gasteiger partial charge in [-0.3, -0.25) is 0 Å². The van der Waals surface area contributed by atoms with Crippen LogP contribution >= 0.6 is 11.6 Å². The average molecular weight is 380 g/mol. The normalized spacial score (nSPS) is 11.2. The second kappa shape index (κ2) is 7.17. The molecule has 3 aromatic carbocycles. The molecule has 0 radical (unpaired) electrons. The molecule has 0 saturated heterocycles. The van der Waals surface area contributed by atoms with Gasteiger partial charge < -0.3 is 15.2 Å². The summed E-state index contributed by atoms with van der Waals surface area (Å²) in [6.45, 7) is 0. The molecular formula is C19H13ClF3NO2. The van der Waals surface area contributed by atoms with Crippen LogP contribution in [0.25, 0.3) is 11.1 Å². The number of benzene rings is 3. The Bertz CT molecular complexity index is 894. The highest BCUT2D eigenvalue weighted by Crippen LogP contribution is 2.34. The molecule has 0 aliphatic rings. The van der Waals surface area contributed by atoms with Crippen LogP contribution in [0.2, 0.25) is 5.02 Å². The van der Waals surface area contributed by atoms with Crippen molar-refractivity contribution < 1.29 is 22.6 Å². The fraction of sp³-hybridized carbons (Fsp3) is 0.0526. The van der Waals surface area contributed by atoms with Crippen LogP contribution in [0.4, 0.5) is 18.9 Å². The zero-order chi connectivity index (χ0) is 18.7.